The van der Waals surface area contributed by atoms with E-state index in [4.69, 9.17) is 14.2 Å². The molecular weight excluding hydrogens is 743 g/mol. The SMILES string of the molecule is COCCCO[C@H]1CC[C@@]2(C)[C@@H](C1)C(=O)C1=C3[C@@]24C#CC[C@H]2CN2C(=O)[C@@H]2C[C@@H]5[C@@H](CNC[C@H](C)O)[C@H](O[C@@H]5[C@H](O)N2)[C@@H](O)[C@@](C)(O)[C@H]2C[C@H](CC1)[C@]3(O)[C@]2(C)CC4. The molecule has 10 aliphatic rings. The summed E-state index contributed by atoms with van der Waals surface area (Å²) in [5.74, 6) is 5.58. The third kappa shape index (κ3) is 5.86. The van der Waals surface area contributed by atoms with Crippen LogP contribution in [-0.4, -0.2) is 142 Å². The second-order valence-electron chi connectivity index (χ2n) is 20.5. The molecule has 5 aliphatic carbocycles. The van der Waals surface area contributed by atoms with E-state index in [9.17, 15) is 30.3 Å². The summed E-state index contributed by atoms with van der Waals surface area (Å²) in [5, 5.41) is 67.3. The van der Waals surface area contributed by atoms with Gasteiger partial charge in [-0.1, -0.05) is 19.8 Å². The molecule has 3 saturated heterocycles. The van der Waals surface area contributed by atoms with Gasteiger partial charge in [0.1, 0.15) is 18.4 Å². The number of hydrogen-bond acceptors (Lipinski definition) is 12. The molecule has 7 N–H and O–H groups in total. The number of rotatable bonds is 9. The number of fused-ring (bicyclic) bond motifs is 4. The molecular formula is C45H67N3O10. The number of ketones is 1. The molecule has 18 atom stereocenters. The van der Waals surface area contributed by atoms with E-state index in [-0.39, 0.29) is 41.6 Å². The summed E-state index contributed by atoms with van der Waals surface area (Å²) in [6.07, 6.45) is 1.61. The quantitative estimate of drug-likeness (QED) is 0.101. The lowest BCUT2D eigenvalue weighted by Gasteiger charge is -2.67. The normalized spacial score (nSPS) is 50.8. The van der Waals surface area contributed by atoms with Crippen LogP contribution in [0.3, 0.4) is 0 Å². The van der Waals surface area contributed by atoms with Gasteiger partial charge in [0.15, 0.2) is 5.78 Å². The number of aliphatic hydroxyl groups is 5. The molecule has 5 heterocycles. The van der Waals surface area contributed by atoms with Gasteiger partial charge in [-0.25, -0.2) is 0 Å². The molecule has 58 heavy (non-hydrogen) atoms. The van der Waals surface area contributed by atoms with Crippen molar-refractivity contribution in [2.24, 2.45) is 45.8 Å². The zero-order chi connectivity index (χ0) is 41.2. The fourth-order valence-corrected chi connectivity index (χ4v) is 14.4. The number of Topliss-reactive ketones (excluding diaryl/α,β-unsaturated/α-hetero) is 1. The second-order valence-corrected chi connectivity index (χ2v) is 20.5. The summed E-state index contributed by atoms with van der Waals surface area (Å²) in [5.41, 5.74) is -3.96. The maximum atomic E-state index is 15.1. The lowest BCUT2D eigenvalue weighted by molar-refractivity contribution is -0.208. The minimum atomic E-state index is -1.75. The molecule has 10 rings (SSSR count). The molecule has 0 aromatic rings. The Labute approximate surface area is 343 Å². The van der Waals surface area contributed by atoms with Crippen LogP contribution in [0.2, 0.25) is 0 Å². The topological polar surface area (TPSA) is 190 Å². The predicted molar refractivity (Wildman–Crippen MR) is 212 cm³/mol. The van der Waals surface area contributed by atoms with Gasteiger partial charge in [0.2, 0.25) is 5.91 Å². The molecule has 0 aromatic carbocycles. The number of amides is 1. The third-order valence-corrected chi connectivity index (χ3v) is 17.6. The number of nitrogens with zero attached hydrogens (tertiary/aromatic N) is 1. The van der Waals surface area contributed by atoms with E-state index in [0.717, 1.165) is 24.8 Å². The first kappa shape index (κ1) is 41.4. The van der Waals surface area contributed by atoms with Crippen LogP contribution in [-0.2, 0) is 23.8 Å². The Bertz CT molecular complexity index is 1760. The van der Waals surface area contributed by atoms with Gasteiger partial charge in [-0.15, -0.1) is 5.92 Å². The number of nitrogens with one attached hydrogen (secondary N) is 2. The van der Waals surface area contributed by atoms with Gasteiger partial charge >= 0.3 is 0 Å². The number of allylic oxidation sites excluding steroid dienone is 1. The van der Waals surface area contributed by atoms with Gasteiger partial charge in [0.25, 0.3) is 0 Å². The molecule has 0 aromatic heterocycles. The first-order valence-electron chi connectivity index (χ1n) is 22.3. The van der Waals surface area contributed by atoms with Crippen LogP contribution in [0, 0.1) is 57.7 Å². The summed E-state index contributed by atoms with van der Waals surface area (Å²) in [7, 11) is 1.68. The summed E-state index contributed by atoms with van der Waals surface area (Å²) in [4.78, 5) is 31.0. The highest BCUT2D eigenvalue weighted by Gasteiger charge is 2.78. The maximum Gasteiger partial charge on any atom is 0.240 e. The van der Waals surface area contributed by atoms with Gasteiger partial charge in [0.05, 0.1) is 47.0 Å². The lowest BCUT2D eigenvalue weighted by Crippen LogP contribution is -2.69. The number of carbonyl (C=O) groups excluding carboxylic acids is 2. The smallest absolute Gasteiger partial charge is 0.240 e. The molecule has 7 bridgehead atoms. The molecule has 5 aliphatic heterocycles. The highest BCUT2D eigenvalue weighted by atomic mass is 16.5. The lowest BCUT2D eigenvalue weighted by atomic mass is 9.37. The number of methoxy groups -OCH3 is 1. The summed E-state index contributed by atoms with van der Waals surface area (Å²) in [6.45, 7) is 10.1. The fraction of sp³-hybridized carbons (Fsp3) is 0.867. The van der Waals surface area contributed by atoms with Crippen molar-refractivity contribution in [1.82, 2.24) is 15.5 Å². The predicted octanol–water partition coefficient (Wildman–Crippen LogP) is 1.42. The van der Waals surface area contributed by atoms with Crippen LogP contribution in [0.1, 0.15) is 98.3 Å². The second kappa shape index (κ2) is 14.6. The van der Waals surface area contributed by atoms with Crippen molar-refractivity contribution in [3.8, 4) is 11.8 Å². The number of piperidine rings is 1. The van der Waals surface area contributed by atoms with Crippen molar-refractivity contribution in [3.63, 3.8) is 0 Å². The van der Waals surface area contributed by atoms with Crippen molar-refractivity contribution in [1.29, 1.82) is 0 Å². The average molecular weight is 810 g/mol. The molecule has 13 heteroatoms. The Kier molecular flexibility index (Phi) is 10.4. The van der Waals surface area contributed by atoms with Gasteiger partial charge in [0, 0.05) is 63.6 Å². The van der Waals surface area contributed by atoms with E-state index in [1.807, 2.05) is 4.90 Å². The molecule has 3 saturated carbocycles. The fourth-order valence-electron chi connectivity index (χ4n) is 14.4. The summed E-state index contributed by atoms with van der Waals surface area (Å²) < 4.78 is 18.2. The number of aliphatic hydroxyl groups excluding tert-OH is 3. The number of hydrogen-bond donors (Lipinski definition) is 7. The Morgan fingerprint density at radius 2 is 1.83 bits per heavy atom. The minimum absolute atomic E-state index is 0.0536. The van der Waals surface area contributed by atoms with Crippen LogP contribution in [0.5, 0.6) is 0 Å². The molecule has 1 spiro atoms. The average Bonchev–Trinajstić information content (AvgIpc) is 3.79. The van der Waals surface area contributed by atoms with E-state index < -0.39 is 76.0 Å². The number of ether oxygens (including phenoxy) is 3. The highest BCUT2D eigenvalue weighted by Crippen LogP contribution is 2.77. The van der Waals surface area contributed by atoms with Gasteiger partial charge in [-0.05, 0) is 112 Å². The molecule has 0 radical (unpaired) electrons. The van der Waals surface area contributed by atoms with E-state index in [0.29, 0.717) is 89.8 Å². The summed E-state index contributed by atoms with van der Waals surface area (Å²) in [6, 6.07) is -0.737. The first-order valence-corrected chi connectivity index (χ1v) is 22.3. The van der Waals surface area contributed by atoms with Gasteiger partial charge in [-0.3, -0.25) is 14.9 Å². The van der Waals surface area contributed by atoms with Crippen molar-refractivity contribution in [2.75, 3.05) is 40.0 Å². The Balaban J connectivity index is 1.15. The van der Waals surface area contributed by atoms with E-state index in [1.165, 1.54) is 0 Å². The van der Waals surface area contributed by atoms with E-state index >= 15 is 4.79 Å². The van der Waals surface area contributed by atoms with Crippen molar-refractivity contribution in [2.45, 2.75) is 158 Å². The molecule has 322 valence electrons. The molecule has 13 nitrogen and oxygen atoms in total. The van der Waals surface area contributed by atoms with Crippen molar-refractivity contribution >= 4 is 11.7 Å². The van der Waals surface area contributed by atoms with Crippen LogP contribution in [0.4, 0.5) is 0 Å². The highest BCUT2D eigenvalue weighted by molar-refractivity contribution is 6.01. The van der Waals surface area contributed by atoms with Gasteiger partial charge < -0.3 is 50.0 Å². The Hall–Kier alpha value is -1.96. The molecule has 0 unspecified atom stereocenters. The number of carbonyl (C=O) groups is 2. The van der Waals surface area contributed by atoms with Crippen LogP contribution < -0.4 is 10.6 Å². The monoisotopic (exact) mass is 809 g/mol. The van der Waals surface area contributed by atoms with E-state index in [2.05, 4.69) is 36.3 Å². The standard InChI is InChI=1S/C45H67N3O10/c1-24(49)21-46-22-30-29-20-32-40(53)48-23-26(48)8-6-12-44-15-14-42(3)33(43(4,54)38(51)35(30)58-36(29)39(52)47-32)18-25-9-10-28(37(44)45(25,42)55)34(50)31-19-27(11-13-41(31,44)2)57-17-7-16-56-5/h24-27,29-33,35-36,38-39,46-47,49,51-52,54-55H,7-11,13-23H2,1-5H3/t24-,25-,26-,27-,29+,30+,31-,32-,33-,35-,36-,38+,39-,41-,42+,43-,44-,45+,48?/m0/s1. The van der Waals surface area contributed by atoms with Crippen LogP contribution in [0.15, 0.2) is 11.1 Å². The zero-order valence-corrected chi connectivity index (χ0v) is 35.0. The molecule has 1 amide bonds. The zero-order valence-electron chi connectivity index (χ0n) is 35.0. The first-order chi connectivity index (χ1) is 27.5. The third-order valence-electron chi connectivity index (χ3n) is 17.6. The van der Waals surface area contributed by atoms with Crippen LogP contribution in [0.25, 0.3) is 0 Å². The largest absolute Gasteiger partial charge is 0.392 e. The Morgan fingerprint density at radius 3 is 2.59 bits per heavy atom. The van der Waals surface area contributed by atoms with Gasteiger partial charge in [-0.2, -0.15) is 0 Å². The Morgan fingerprint density at radius 1 is 1.03 bits per heavy atom. The van der Waals surface area contributed by atoms with Crippen LogP contribution >= 0.6 is 0 Å². The molecule has 6 fully saturated rings. The minimum Gasteiger partial charge on any atom is -0.392 e. The maximum absolute atomic E-state index is 15.1. The summed E-state index contributed by atoms with van der Waals surface area (Å²) >= 11 is 0. The van der Waals surface area contributed by atoms with Crippen molar-refractivity contribution in [3.05, 3.63) is 11.1 Å². The van der Waals surface area contributed by atoms with E-state index in [1.54, 1.807) is 21.0 Å². The van der Waals surface area contributed by atoms with Crippen molar-refractivity contribution < 1.29 is 49.3 Å².